The number of nitrogens with one attached hydrogen (secondary N) is 1. The summed E-state index contributed by atoms with van der Waals surface area (Å²) < 4.78 is 0. The van der Waals surface area contributed by atoms with Gasteiger partial charge in [-0.05, 0) is 26.7 Å². The van der Waals surface area contributed by atoms with E-state index in [2.05, 4.69) is 5.32 Å². The molecule has 1 fully saturated rings. The Hall–Kier alpha value is -0.790. The molecular weight excluding hydrogens is 162 g/mol. The lowest BCUT2D eigenvalue weighted by Crippen LogP contribution is -2.28. The van der Waals surface area contributed by atoms with Crippen LogP contribution in [-0.4, -0.2) is 5.91 Å². The summed E-state index contributed by atoms with van der Waals surface area (Å²) in [5, 5.41) is 2.85. The van der Waals surface area contributed by atoms with Gasteiger partial charge in [-0.15, -0.1) is 0 Å². The third-order valence-electron chi connectivity index (χ3n) is 2.48. The predicted molar refractivity (Wildman–Crippen MR) is 54.1 cm³/mol. The van der Waals surface area contributed by atoms with Crippen molar-refractivity contribution < 1.29 is 4.79 Å². The van der Waals surface area contributed by atoms with Crippen molar-refractivity contribution in [1.82, 2.24) is 5.32 Å². The molecule has 0 heterocycles. The first-order valence-corrected chi connectivity index (χ1v) is 5.14. The largest absolute Gasteiger partial charge is 0.333 e. The first-order chi connectivity index (χ1) is 6.20. The van der Waals surface area contributed by atoms with Gasteiger partial charge in [0.2, 0.25) is 5.91 Å². The summed E-state index contributed by atoms with van der Waals surface area (Å²) >= 11 is 0. The number of amides is 1. The van der Waals surface area contributed by atoms with Gasteiger partial charge in [0.25, 0.3) is 0 Å². The van der Waals surface area contributed by atoms with Crippen molar-refractivity contribution in [2.24, 2.45) is 5.92 Å². The minimum atomic E-state index is 0.209. The van der Waals surface area contributed by atoms with E-state index in [-0.39, 0.29) is 11.8 Å². The Bertz CT molecular complexity index is 198. The SMILES string of the molecule is CC(C)=CNC(=O)C1CCCCC1. The van der Waals surface area contributed by atoms with E-state index in [1.165, 1.54) is 19.3 Å². The van der Waals surface area contributed by atoms with E-state index in [9.17, 15) is 4.79 Å². The Morgan fingerprint density at radius 3 is 2.38 bits per heavy atom. The van der Waals surface area contributed by atoms with Gasteiger partial charge in [0.15, 0.2) is 0 Å². The van der Waals surface area contributed by atoms with Gasteiger partial charge < -0.3 is 5.32 Å². The smallest absolute Gasteiger partial charge is 0.227 e. The fourth-order valence-electron chi connectivity index (χ4n) is 1.70. The van der Waals surface area contributed by atoms with Crippen molar-refractivity contribution in [3.8, 4) is 0 Å². The number of carbonyl (C=O) groups is 1. The zero-order valence-corrected chi connectivity index (χ0v) is 8.60. The van der Waals surface area contributed by atoms with Crippen molar-refractivity contribution in [2.45, 2.75) is 46.0 Å². The Morgan fingerprint density at radius 2 is 1.85 bits per heavy atom. The molecule has 0 radical (unpaired) electrons. The van der Waals surface area contributed by atoms with Gasteiger partial charge in [0.1, 0.15) is 0 Å². The molecular formula is C11H19NO. The Balaban J connectivity index is 2.33. The van der Waals surface area contributed by atoms with Crippen LogP contribution in [0.3, 0.4) is 0 Å². The van der Waals surface area contributed by atoms with Crippen molar-refractivity contribution >= 4 is 5.91 Å². The first kappa shape index (κ1) is 10.3. The Labute approximate surface area is 80.4 Å². The summed E-state index contributed by atoms with van der Waals surface area (Å²) in [6.07, 6.45) is 7.67. The molecule has 1 N–H and O–H groups in total. The molecule has 0 atom stereocenters. The minimum Gasteiger partial charge on any atom is -0.333 e. The lowest BCUT2D eigenvalue weighted by atomic mass is 9.89. The van der Waals surface area contributed by atoms with Gasteiger partial charge >= 0.3 is 0 Å². The Morgan fingerprint density at radius 1 is 1.23 bits per heavy atom. The molecule has 0 aromatic heterocycles. The molecule has 2 nitrogen and oxygen atoms in total. The van der Waals surface area contributed by atoms with Gasteiger partial charge in [-0.25, -0.2) is 0 Å². The summed E-state index contributed by atoms with van der Waals surface area (Å²) in [5.41, 5.74) is 1.14. The quantitative estimate of drug-likeness (QED) is 0.697. The second-order valence-corrected chi connectivity index (χ2v) is 4.07. The van der Waals surface area contributed by atoms with Crippen LogP contribution in [0.4, 0.5) is 0 Å². The second kappa shape index (κ2) is 5.05. The molecule has 1 amide bonds. The van der Waals surface area contributed by atoms with Crippen LogP contribution in [0.15, 0.2) is 11.8 Å². The molecule has 0 spiro atoms. The van der Waals surface area contributed by atoms with Crippen LogP contribution in [-0.2, 0) is 4.79 Å². The van der Waals surface area contributed by atoms with Crippen LogP contribution in [0.2, 0.25) is 0 Å². The van der Waals surface area contributed by atoms with Gasteiger partial charge in [-0.3, -0.25) is 4.79 Å². The lowest BCUT2D eigenvalue weighted by Gasteiger charge is -2.19. The molecule has 0 aliphatic heterocycles. The lowest BCUT2D eigenvalue weighted by molar-refractivity contribution is -0.124. The number of hydrogen-bond acceptors (Lipinski definition) is 1. The van der Waals surface area contributed by atoms with Crippen LogP contribution in [0.1, 0.15) is 46.0 Å². The monoisotopic (exact) mass is 181 g/mol. The third-order valence-corrected chi connectivity index (χ3v) is 2.48. The van der Waals surface area contributed by atoms with Gasteiger partial charge in [-0.2, -0.15) is 0 Å². The maximum atomic E-state index is 11.5. The topological polar surface area (TPSA) is 29.1 Å². The highest BCUT2D eigenvalue weighted by atomic mass is 16.1. The second-order valence-electron chi connectivity index (χ2n) is 4.07. The summed E-state index contributed by atoms with van der Waals surface area (Å²) in [6.45, 7) is 3.97. The number of rotatable bonds is 2. The highest BCUT2D eigenvalue weighted by molar-refractivity contribution is 5.79. The van der Waals surface area contributed by atoms with Crippen LogP contribution in [0, 0.1) is 5.92 Å². The highest BCUT2D eigenvalue weighted by Crippen LogP contribution is 2.23. The first-order valence-electron chi connectivity index (χ1n) is 5.14. The highest BCUT2D eigenvalue weighted by Gasteiger charge is 2.19. The molecule has 1 aliphatic carbocycles. The fourth-order valence-corrected chi connectivity index (χ4v) is 1.70. The molecule has 13 heavy (non-hydrogen) atoms. The normalized spacial score (nSPS) is 18.0. The van der Waals surface area contributed by atoms with Gasteiger partial charge in [0, 0.05) is 12.1 Å². The summed E-state index contributed by atoms with van der Waals surface area (Å²) in [7, 11) is 0. The van der Waals surface area contributed by atoms with Crippen LogP contribution in [0.25, 0.3) is 0 Å². The predicted octanol–water partition coefficient (Wildman–Crippen LogP) is 2.61. The van der Waals surface area contributed by atoms with Crippen LogP contribution < -0.4 is 5.32 Å². The molecule has 1 rings (SSSR count). The van der Waals surface area contributed by atoms with E-state index in [1.54, 1.807) is 6.20 Å². The number of carbonyl (C=O) groups excluding carboxylic acids is 1. The average Bonchev–Trinajstić information content (AvgIpc) is 2.15. The molecule has 0 unspecified atom stereocenters. The molecule has 2 heteroatoms. The maximum absolute atomic E-state index is 11.5. The molecule has 1 aliphatic rings. The molecule has 74 valence electrons. The maximum Gasteiger partial charge on any atom is 0.227 e. The van der Waals surface area contributed by atoms with Crippen LogP contribution >= 0.6 is 0 Å². The molecule has 0 saturated heterocycles. The standard InChI is InChI=1S/C11H19NO/c1-9(2)8-12-11(13)10-6-4-3-5-7-10/h8,10H,3-7H2,1-2H3,(H,12,13). The van der Waals surface area contributed by atoms with Crippen LogP contribution in [0.5, 0.6) is 0 Å². The van der Waals surface area contributed by atoms with Gasteiger partial charge in [0.05, 0.1) is 0 Å². The third kappa shape index (κ3) is 3.62. The van der Waals surface area contributed by atoms with E-state index >= 15 is 0 Å². The van der Waals surface area contributed by atoms with Crippen molar-refractivity contribution in [1.29, 1.82) is 0 Å². The minimum absolute atomic E-state index is 0.209. The van der Waals surface area contributed by atoms with Crippen molar-refractivity contribution in [2.75, 3.05) is 0 Å². The summed E-state index contributed by atoms with van der Waals surface area (Å²) in [4.78, 5) is 11.5. The average molecular weight is 181 g/mol. The zero-order valence-electron chi connectivity index (χ0n) is 8.60. The molecule has 0 aromatic rings. The summed E-state index contributed by atoms with van der Waals surface area (Å²) in [6, 6.07) is 0. The van der Waals surface area contributed by atoms with Crippen molar-refractivity contribution in [3.63, 3.8) is 0 Å². The van der Waals surface area contributed by atoms with E-state index < -0.39 is 0 Å². The van der Waals surface area contributed by atoms with Crippen molar-refractivity contribution in [3.05, 3.63) is 11.8 Å². The van der Waals surface area contributed by atoms with Gasteiger partial charge in [-0.1, -0.05) is 24.8 Å². The molecule has 0 bridgehead atoms. The summed E-state index contributed by atoms with van der Waals surface area (Å²) in [5.74, 6) is 0.477. The molecule has 1 saturated carbocycles. The Kier molecular flexibility index (Phi) is 4.00. The fraction of sp³-hybridized carbons (Fsp3) is 0.727. The number of allylic oxidation sites excluding steroid dienone is 1. The zero-order chi connectivity index (χ0) is 9.68. The number of hydrogen-bond donors (Lipinski definition) is 1. The van der Waals surface area contributed by atoms with E-state index in [1.807, 2.05) is 13.8 Å². The molecule has 0 aromatic carbocycles. The van der Waals surface area contributed by atoms with E-state index in [0.717, 1.165) is 18.4 Å². The van der Waals surface area contributed by atoms with E-state index in [0.29, 0.717) is 0 Å². The van der Waals surface area contributed by atoms with E-state index in [4.69, 9.17) is 0 Å².